The van der Waals surface area contributed by atoms with Gasteiger partial charge in [0.25, 0.3) is 5.91 Å². The second-order valence-corrected chi connectivity index (χ2v) is 5.12. The first-order valence-electron chi connectivity index (χ1n) is 6.52. The van der Waals surface area contributed by atoms with Crippen molar-refractivity contribution in [1.82, 2.24) is 9.88 Å². The van der Waals surface area contributed by atoms with Gasteiger partial charge >= 0.3 is 0 Å². The predicted octanol–water partition coefficient (Wildman–Crippen LogP) is 2.44. The molecule has 98 valence electrons. The number of aromatic nitrogens is 1. The maximum absolute atomic E-state index is 12.3. The SMILES string of the molecule is CC1CCCCC1N(C)C(=O)c1ncccc1O. The van der Waals surface area contributed by atoms with E-state index >= 15 is 0 Å². The molecule has 4 nitrogen and oxygen atoms in total. The largest absolute Gasteiger partial charge is 0.505 e. The molecule has 2 rings (SSSR count). The van der Waals surface area contributed by atoms with E-state index in [4.69, 9.17) is 0 Å². The standard InChI is InChI=1S/C14H20N2O2/c1-10-6-3-4-7-11(10)16(2)14(18)13-12(17)8-5-9-15-13/h5,8-11,17H,3-4,6-7H2,1-2H3. The van der Waals surface area contributed by atoms with Crippen LogP contribution in [0.2, 0.25) is 0 Å². The fourth-order valence-electron chi connectivity index (χ4n) is 2.75. The van der Waals surface area contributed by atoms with Crippen LogP contribution in [-0.2, 0) is 0 Å². The molecule has 1 fully saturated rings. The summed E-state index contributed by atoms with van der Waals surface area (Å²) < 4.78 is 0. The minimum absolute atomic E-state index is 0.0437. The van der Waals surface area contributed by atoms with Crippen molar-refractivity contribution in [1.29, 1.82) is 0 Å². The van der Waals surface area contributed by atoms with E-state index in [2.05, 4.69) is 11.9 Å². The molecule has 2 unspecified atom stereocenters. The van der Waals surface area contributed by atoms with Gasteiger partial charge in [-0.3, -0.25) is 4.79 Å². The van der Waals surface area contributed by atoms with E-state index in [9.17, 15) is 9.90 Å². The molecule has 2 atom stereocenters. The average Bonchev–Trinajstić information content (AvgIpc) is 2.38. The summed E-state index contributed by atoms with van der Waals surface area (Å²) in [5.74, 6) is 0.281. The molecule has 1 N–H and O–H groups in total. The Bertz CT molecular complexity index is 434. The fraction of sp³-hybridized carbons (Fsp3) is 0.571. The Morgan fingerprint density at radius 2 is 2.17 bits per heavy atom. The molecular weight excluding hydrogens is 228 g/mol. The summed E-state index contributed by atoms with van der Waals surface area (Å²) in [6.45, 7) is 2.19. The lowest BCUT2D eigenvalue weighted by Crippen LogP contribution is -2.42. The van der Waals surface area contributed by atoms with Gasteiger partial charge in [0.05, 0.1) is 0 Å². The number of amides is 1. The lowest BCUT2D eigenvalue weighted by atomic mass is 9.85. The van der Waals surface area contributed by atoms with Crippen LogP contribution in [0.15, 0.2) is 18.3 Å². The maximum atomic E-state index is 12.3. The summed E-state index contributed by atoms with van der Waals surface area (Å²) >= 11 is 0. The quantitative estimate of drug-likeness (QED) is 0.874. The van der Waals surface area contributed by atoms with Crippen LogP contribution in [0.4, 0.5) is 0 Å². The molecule has 18 heavy (non-hydrogen) atoms. The van der Waals surface area contributed by atoms with E-state index < -0.39 is 0 Å². The van der Waals surface area contributed by atoms with Gasteiger partial charge in [-0.15, -0.1) is 0 Å². The van der Waals surface area contributed by atoms with Crippen LogP contribution in [0.3, 0.4) is 0 Å². The first kappa shape index (κ1) is 12.9. The van der Waals surface area contributed by atoms with Gasteiger partial charge in [-0.2, -0.15) is 0 Å². The summed E-state index contributed by atoms with van der Waals surface area (Å²) in [7, 11) is 1.81. The third-order valence-corrected chi connectivity index (χ3v) is 3.87. The van der Waals surface area contributed by atoms with Crippen LogP contribution in [0, 0.1) is 5.92 Å². The van der Waals surface area contributed by atoms with Crippen molar-refractivity contribution >= 4 is 5.91 Å². The van der Waals surface area contributed by atoms with E-state index in [0.29, 0.717) is 5.92 Å². The zero-order valence-electron chi connectivity index (χ0n) is 11.0. The average molecular weight is 248 g/mol. The Morgan fingerprint density at radius 3 is 2.83 bits per heavy atom. The maximum Gasteiger partial charge on any atom is 0.276 e. The highest BCUT2D eigenvalue weighted by atomic mass is 16.3. The second kappa shape index (κ2) is 5.38. The number of carbonyl (C=O) groups excluding carboxylic acids is 1. The molecule has 0 aliphatic heterocycles. The molecule has 0 aromatic carbocycles. The van der Waals surface area contributed by atoms with Gasteiger partial charge in [-0.05, 0) is 30.9 Å². The summed E-state index contributed by atoms with van der Waals surface area (Å²) in [6.07, 6.45) is 6.15. The monoisotopic (exact) mass is 248 g/mol. The Labute approximate surface area is 108 Å². The van der Waals surface area contributed by atoms with Crippen LogP contribution in [-0.4, -0.2) is 34.0 Å². The normalized spacial score (nSPS) is 23.7. The first-order chi connectivity index (χ1) is 8.61. The van der Waals surface area contributed by atoms with E-state index in [1.54, 1.807) is 11.0 Å². The van der Waals surface area contributed by atoms with Crippen molar-refractivity contribution in [3.63, 3.8) is 0 Å². The van der Waals surface area contributed by atoms with Crippen LogP contribution in [0.25, 0.3) is 0 Å². The molecule has 0 bridgehead atoms. The molecule has 1 amide bonds. The minimum atomic E-state index is -0.188. The third-order valence-electron chi connectivity index (χ3n) is 3.87. The molecule has 1 saturated carbocycles. The number of pyridine rings is 1. The van der Waals surface area contributed by atoms with Gasteiger partial charge in [-0.25, -0.2) is 4.98 Å². The Hall–Kier alpha value is -1.58. The lowest BCUT2D eigenvalue weighted by Gasteiger charge is -2.36. The molecule has 1 aromatic rings. The molecule has 0 saturated heterocycles. The molecule has 0 radical (unpaired) electrons. The summed E-state index contributed by atoms with van der Waals surface area (Å²) in [4.78, 5) is 18.0. The van der Waals surface area contributed by atoms with Crippen LogP contribution in [0.5, 0.6) is 5.75 Å². The molecule has 1 aromatic heterocycles. The molecule has 4 heteroatoms. The summed E-state index contributed by atoms with van der Waals surface area (Å²) in [5, 5.41) is 9.68. The zero-order chi connectivity index (χ0) is 13.1. The van der Waals surface area contributed by atoms with E-state index in [0.717, 1.165) is 12.8 Å². The first-order valence-corrected chi connectivity index (χ1v) is 6.52. The van der Waals surface area contributed by atoms with E-state index in [1.165, 1.54) is 25.1 Å². The number of hydrogen-bond donors (Lipinski definition) is 1. The van der Waals surface area contributed by atoms with Crippen LogP contribution in [0.1, 0.15) is 43.1 Å². The number of nitrogens with zero attached hydrogens (tertiary/aromatic N) is 2. The minimum Gasteiger partial charge on any atom is -0.505 e. The van der Waals surface area contributed by atoms with E-state index in [-0.39, 0.29) is 23.4 Å². The molecular formula is C14H20N2O2. The topological polar surface area (TPSA) is 53.4 Å². The Balaban J connectivity index is 2.16. The Morgan fingerprint density at radius 1 is 1.44 bits per heavy atom. The van der Waals surface area contributed by atoms with Crippen molar-refractivity contribution in [3.8, 4) is 5.75 Å². The van der Waals surface area contributed by atoms with Gasteiger partial charge in [0, 0.05) is 19.3 Å². The molecule has 1 heterocycles. The highest BCUT2D eigenvalue weighted by Crippen LogP contribution is 2.28. The highest BCUT2D eigenvalue weighted by molar-refractivity contribution is 5.94. The Kier molecular flexibility index (Phi) is 3.84. The van der Waals surface area contributed by atoms with Crippen LogP contribution >= 0.6 is 0 Å². The second-order valence-electron chi connectivity index (χ2n) is 5.12. The molecule has 1 aliphatic carbocycles. The van der Waals surface area contributed by atoms with Crippen LogP contribution < -0.4 is 0 Å². The van der Waals surface area contributed by atoms with E-state index in [1.807, 2.05) is 7.05 Å². The van der Waals surface area contributed by atoms with Gasteiger partial charge in [-0.1, -0.05) is 19.8 Å². The number of rotatable bonds is 2. The number of hydrogen-bond acceptors (Lipinski definition) is 3. The third kappa shape index (κ3) is 2.47. The fourth-order valence-corrected chi connectivity index (χ4v) is 2.75. The molecule has 0 spiro atoms. The molecule has 1 aliphatic rings. The van der Waals surface area contributed by atoms with Crippen molar-refractivity contribution in [2.24, 2.45) is 5.92 Å². The lowest BCUT2D eigenvalue weighted by molar-refractivity contribution is 0.0620. The highest BCUT2D eigenvalue weighted by Gasteiger charge is 2.29. The van der Waals surface area contributed by atoms with Crippen molar-refractivity contribution in [2.75, 3.05) is 7.05 Å². The smallest absolute Gasteiger partial charge is 0.276 e. The van der Waals surface area contributed by atoms with Gasteiger partial charge < -0.3 is 10.0 Å². The zero-order valence-corrected chi connectivity index (χ0v) is 11.0. The number of aromatic hydroxyl groups is 1. The van der Waals surface area contributed by atoms with Gasteiger partial charge in [0.15, 0.2) is 5.69 Å². The van der Waals surface area contributed by atoms with Gasteiger partial charge in [0.1, 0.15) is 5.75 Å². The van der Waals surface area contributed by atoms with Crippen molar-refractivity contribution in [2.45, 2.75) is 38.6 Å². The summed E-state index contributed by atoms with van der Waals surface area (Å²) in [6, 6.07) is 3.38. The van der Waals surface area contributed by atoms with Crippen molar-refractivity contribution < 1.29 is 9.90 Å². The predicted molar refractivity (Wildman–Crippen MR) is 69.4 cm³/mol. The number of carbonyl (C=O) groups is 1. The summed E-state index contributed by atoms with van der Waals surface area (Å²) in [5.41, 5.74) is 0.151. The van der Waals surface area contributed by atoms with Gasteiger partial charge in [0.2, 0.25) is 0 Å². The van der Waals surface area contributed by atoms with Crippen molar-refractivity contribution in [3.05, 3.63) is 24.0 Å².